The van der Waals surface area contributed by atoms with Gasteiger partial charge in [0.2, 0.25) is 10.0 Å². The van der Waals surface area contributed by atoms with Gasteiger partial charge in [-0.15, -0.1) is 0 Å². The number of aryl methyl sites for hydroxylation is 1. The Kier molecular flexibility index (Phi) is 5.79. The SMILES string of the molecule is CCn1cc(S(=O)(=O)N(C)C(C)C)cc1CNC(C)C. The van der Waals surface area contributed by atoms with E-state index in [4.69, 9.17) is 0 Å². The van der Waals surface area contributed by atoms with E-state index in [9.17, 15) is 8.42 Å². The van der Waals surface area contributed by atoms with Crippen LogP contribution in [0.4, 0.5) is 0 Å². The Labute approximate surface area is 123 Å². The lowest BCUT2D eigenvalue weighted by atomic mass is 10.3. The summed E-state index contributed by atoms with van der Waals surface area (Å²) in [5.41, 5.74) is 0.997. The van der Waals surface area contributed by atoms with E-state index in [1.165, 1.54) is 4.31 Å². The standard InChI is InChI=1S/C14H27N3O2S/c1-7-17-10-14(8-13(17)9-15-11(2)3)20(18,19)16(6)12(4)5/h8,10-12,15H,7,9H2,1-6H3. The first-order valence-corrected chi connectivity index (χ1v) is 8.54. The van der Waals surface area contributed by atoms with Crippen LogP contribution in [0.3, 0.4) is 0 Å². The Morgan fingerprint density at radius 1 is 1.30 bits per heavy atom. The molecule has 0 saturated heterocycles. The number of rotatable bonds is 7. The molecule has 0 radical (unpaired) electrons. The molecule has 0 saturated carbocycles. The van der Waals surface area contributed by atoms with Crippen LogP contribution in [0.25, 0.3) is 0 Å². The van der Waals surface area contributed by atoms with Crippen LogP contribution in [-0.2, 0) is 23.1 Å². The average molecular weight is 301 g/mol. The van der Waals surface area contributed by atoms with Gasteiger partial charge >= 0.3 is 0 Å². The molecule has 1 N–H and O–H groups in total. The van der Waals surface area contributed by atoms with E-state index in [0.29, 0.717) is 17.5 Å². The van der Waals surface area contributed by atoms with Gasteiger partial charge in [-0.05, 0) is 26.8 Å². The molecule has 0 aromatic carbocycles. The number of hydrogen-bond acceptors (Lipinski definition) is 3. The molecule has 0 aliphatic rings. The first-order chi connectivity index (χ1) is 9.20. The van der Waals surface area contributed by atoms with Gasteiger partial charge in [-0.3, -0.25) is 0 Å². The molecule has 0 amide bonds. The summed E-state index contributed by atoms with van der Waals surface area (Å²) in [6.45, 7) is 11.3. The summed E-state index contributed by atoms with van der Waals surface area (Å²) in [5.74, 6) is 0. The third-order valence-electron chi connectivity index (χ3n) is 3.40. The Bertz CT molecular complexity index is 533. The van der Waals surface area contributed by atoms with E-state index in [1.54, 1.807) is 19.3 Å². The molecule has 1 rings (SSSR count). The van der Waals surface area contributed by atoms with Gasteiger partial charge in [-0.25, -0.2) is 8.42 Å². The normalized spacial score (nSPS) is 12.8. The smallest absolute Gasteiger partial charge is 0.244 e. The van der Waals surface area contributed by atoms with Gasteiger partial charge in [0.25, 0.3) is 0 Å². The topological polar surface area (TPSA) is 54.3 Å². The third kappa shape index (κ3) is 3.84. The van der Waals surface area contributed by atoms with Crippen LogP contribution < -0.4 is 5.32 Å². The van der Waals surface area contributed by atoms with Crippen molar-refractivity contribution in [1.29, 1.82) is 0 Å². The Balaban J connectivity index is 3.09. The minimum Gasteiger partial charge on any atom is -0.349 e. The Hall–Kier alpha value is -0.850. The number of nitrogens with zero attached hydrogens (tertiary/aromatic N) is 2. The molecule has 5 nitrogen and oxygen atoms in total. The Morgan fingerprint density at radius 3 is 2.35 bits per heavy atom. The van der Waals surface area contributed by atoms with E-state index >= 15 is 0 Å². The lowest BCUT2D eigenvalue weighted by Crippen LogP contribution is -2.32. The molecule has 20 heavy (non-hydrogen) atoms. The number of aromatic nitrogens is 1. The van der Waals surface area contributed by atoms with Crippen molar-refractivity contribution in [3.8, 4) is 0 Å². The second-order valence-corrected chi connectivity index (χ2v) is 7.60. The third-order valence-corrected chi connectivity index (χ3v) is 5.40. The first-order valence-electron chi connectivity index (χ1n) is 7.10. The molecule has 0 aliphatic heterocycles. The van der Waals surface area contributed by atoms with Gasteiger partial charge in [0, 0.05) is 44.1 Å². The molecular weight excluding hydrogens is 274 g/mol. The molecule has 0 atom stereocenters. The lowest BCUT2D eigenvalue weighted by molar-refractivity contribution is 0.410. The van der Waals surface area contributed by atoms with Gasteiger partial charge in [0.05, 0.1) is 0 Å². The van der Waals surface area contributed by atoms with Crippen LogP contribution >= 0.6 is 0 Å². The summed E-state index contributed by atoms with van der Waals surface area (Å²) in [6, 6.07) is 2.09. The molecular formula is C14H27N3O2S. The molecule has 1 aromatic rings. The van der Waals surface area contributed by atoms with E-state index in [0.717, 1.165) is 12.2 Å². The van der Waals surface area contributed by atoms with Crippen LogP contribution in [0.2, 0.25) is 0 Å². The Morgan fingerprint density at radius 2 is 1.90 bits per heavy atom. The fourth-order valence-corrected chi connectivity index (χ4v) is 3.29. The maximum atomic E-state index is 12.5. The zero-order chi connectivity index (χ0) is 15.5. The quantitative estimate of drug-likeness (QED) is 0.838. The van der Waals surface area contributed by atoms with Crippen molar-refractivity contribution in [3.05, 3.63) is 18.0 Å². The summed E-state index contributed by atoms with van der Waals surface area (Å²) in [6.07, 6.45) is 1.73. The molecule has 0 unspecified atom stereocenters. The summed E-state index contributed by atoms with van der Waals surface area (Å²) >= 11 is 0. The fourth-order valence-electron chi connectivity index (χ4n) is 1.86. The van der Waals surface area contributed by atoms with Gasteiger partial charge in [0.15, 0.2) is 0 Å². The predicted molar refractivity (Wildman–Crippen MR) is 82.2 cm³/mol. The van der Waals surface area contributed by atoms with Crippen LogP contribution in [0, 0.1) is 0 Å². The summed E-state index contributed by atoms with van der Waals surface area (Å²) < 4.78 is 28.4. The largest absolute Gasteiger partial charge is 0.349 e. The van der Waals surface area contributed by atoms with E-state index in [2.05, 4.69) is 19.2 Å². The van der Waals surface area contributed by atoms with Crippen molar-refractivity contribution in [2.24, 2.45) is 0 Å². The van der Waals surface area contributed by atoms with E-state index in [-0.39, 0.29) is 6.04 Å². The van der Waals surface area contributed by atoms with Crippen LogP contribution in [-0.4, -0.2) is 36.4 Å². The highest BCUT2D eigenvalue weighted by molar-refractivity contribution is 7.89. The zero-order valence-corrected chi connectivity index (χ0v) is 14.2. The molecule has 116 valence electrons. The van der Waals surface area contributed by atoms with Crippen molar-refractivity contribution in [2.45, 2.75) is 64.7 Å². The molecule has 1 heterocycles. The second kappa shape index (κ2) is 6.74. The van der Waals surface area contributed by atoms with Crippen molar-refractivity contribution < 1.29 is 8.42 Å². The fraction of sp³-hybridized carbons (Fsp3) is 0.714. The highest BCUT2D eigenvalue weighted by Gasteiger charge is 2.25. The van der Waals surface area contributed by atoms with Crippen molar-refractivity contribution in [2.75, 3.05) is 7.05 Å². The highest BCUT2D eigenvalue weighted by Crippen LogP contribution is 2.20. The van der Waals surface area contributed by atoms with Gasteiger partial charge in [-0.2, -0.15) is 4.31 Å². The van der Waals surface area contributed by atoms with E-state index in [1.807, 2.05) is 25.3 Å². The van der Waals surface area contributed by atoms with Gasteiger partial charge < -0.3 is 9.88 Å². The monoisotopic (exact) mass is 301 g/mol. The zero-order valence-electron chi connectivity index (χ0n) is 13.3. The molecule has 1 aromatic heterocycles. The second-order valence-electron chi connectivity index (χ2n) is 5.60. The maximum Gasteiger partial charge on any atom is 0.244 e. The highest BCUT2D eigenvalue weighted by atomic mass is 32.2. The molecule has 6 heteroatoms. The van der Waals surface area contributed by atoms with Crippen molar-refractivity contribution in [3.63, 3.8) is 0 Å². The predicted octanol–water partition coefficient (Wildman–Crippen LogP) is 2.03. The van der Waals surface area contributed by atoms with Crippen LogP contribution in [0.15, 0.2) is 17.2 Å². The lowest BCUT2D eigenvalue weighted by Gasteiger charge is -2.19. The maximum absolute atomic E-state index is 12.5. The minimum atomic E-state index is -3.40. The summed E-state index contributed by atoms with van der Waals surface area (Å²) in [5, 5.41) is 3.32. The average Bonchev–Trinajstić information content (AvgIpc) is 2.78. The summed E-state index contributed by atoms with van der Waals surface area (Å²) in [4.78, 5) is 0.371. The number of nitrogens with one attached hydrogen (secondary N) is 1. The van der Waals surface area contributed by atoms with Gasteiger partial charge in [-0.1, -0.05) is 13.8 Å². The first kappa shape index (κ1) is 17.2. The summed E-state index contributed by atoms with van der Waals surface area (Å²) in [7, 11) is -1.78. The van der Waals surface area contributed by atoms with Crippen molar-refractivity contribution >= 4 is 10.0 Å². The molecule has 0 bridgehead atoms. The van der Waals surface area contributed by atoms with Crippen LogP contribution in [0.5, 0.6) is 0 Å². The number of sulfonamides is 1. The molecule has 0 aliphatic carbocycles. The molecule has 0 spiro atoms. The number of hydrogen-bond donors (Lipinski definition) is 1. The minimum absolute atomic E-state index is 0.0535. The van der Waals surface area contributed by atoms with Crippen LogP contribution in [0.1, 0.15) is 40.3 Å². The van der Waals surface area contributed by atoms with Crippen molar-refractivity contribution in [1.82, 2.24) is 14.2 Å². The van der Waals surface area contributed by atoms with Gasteiger partial charge in [0.1, 0.15) is 4.90 Å². The van der Waals surface area contributed by atoms with E-state index < -0.39 is 10.0 Å². The molecule has 0 fully saturated rings.